The van der Waals surface area contributed by atoms with Crippen molar-refractivity contribution in [3.8, 4) is 0 Å². The highest BCUT2D eigenvalue weighted by Gasteiger charge is 2.19. The number of rotatable bonds is 8. The van der Waals surface area contributed by atoms with Crippen molar-refractivity contribution in [1.29, 1.82) is 0 Å². The van der Waals surface area contributed by atoms with E-state index in [1.54, 1.807) is 0 Å². The fourth-order valence-corrected chi connectivity index (χ4v) is 3.42. The van der Waals surface area contributed by atoms with E-state index >= 15 is 0 Å². The van der Waals surface area contributed by atoms with Gasteiger partial charge in [-0.15, -0.1) is 11.8 Å². The van der Waals surface area contributed by atoms with Gasteiger partial charge in [0.1, 0.15) is 0 Å². The number of Topliss-reactive ketones (excluding diaryl/α,β-unsaturated/α-hetero) is 1. The van der Waals surface area contributed by atoms with E-state index in [0.29, 0.717) is 17.9 Å². The number of ketones is 1. The van der Waals surface area contributed by atoms with E-state index in [-0.39, 0.29) is 16.8 Å². The molecule has 2 aromatic rings. The molecule has 1 unspecified atom stereocenters. The average Bonchev–Trinajstić information content (AvgIpc) is 2.59. The molecule has 4 heteroatoms. The predicted molar refractivity (Wildman–Crippen MR) is 98.8 cm³/mol. The molecule has 0 aliphatic rings. The van der Waals surface area contributed by atoms with Gasteiger partial charge in [0.25, 0.3) is 0 Å². The van der Waals surface area contributed by atoms with E-state index in [9.17, 15) is 9.59 Å². The van der Waals surface area contributed by atoms with Gasteiger partial charge in [-0.2, -0.15) is 0 Å². The Morgan fingerprint density at radius 1 is 0.958 bits per heavy atom. The van der Waals surface area contributed by atoms with Crippen LogP contribution in [0.5, 0.6) is 0 Å². The molecule has 126 valence electrons. The Labute approximate surface area is 147 Å². The minimum absolute atomic E-state index is 0.0148. The summed E-state index contributed by atoms with van der Waals surface area (Å²) in [5.41, 5.74) is 2.86. The zero-order valence-corrected chi connectivity index (χ0v) is 14.8. The number of carbonyl (C=O) groups excluding carboxylic acids is 1. The lowest BCUT2D eigenvalue weighted by molar-refractivity contribution is -0.133. The monoisotopic (exact) mass is 342 g/mol. The van der Waals surface area contributed by atoms with E-state index in [2.05, 4.69) is 13.8 Å². The molecule has 1 atom stereocenters. The van der Waals surface area contributed by atoms with Crippen molar-refractivity contribution in [3.05, 3.63) is 71.3 Å². The fraction of sp³-hybridized carbons (Fsp3) is 0.300. The van der Waals surface area contributed by atoms with Crippen LogP contribution < -0.4 is 0 Å². The van der Waals surface area contributed by atoms with Gasteiger partial charge >= 0.3 is 5.97 Å². The fourth-order valence-electron chi connectivity index (χ4n) is 2.45. The molecule has 24 heavy (non-hydrogen) atoms. The van der Waals surface area contributed by atoms with Gasteiger partial charge in [-0.3, -0.25) is 9.59 Å². The third-order valence-electron chi connectivity index (χ3n) is 3.85. The SMILES string of the molecule is CC(C)c1ccc(C(=O)CC(SCC(=O)O)c2ccccc2)cc1. The second-order valence-electron chi connectivity index (χ2n) is 6.01. The van der Waals surface area contributed by atoms with Gasteiger partial charge in [-0.25, -0.2) is 0 Å². The van der Waals surface area contributed by atoms with Gasteiger partial charge < -0.3 is 5.11 Å². The van der Waals surface area contributed by atoms with Gasteiger partial charge in [0.15, 0.2) is 5.78 Å². The molecule has 0 aliphatic heterocycles. The van der Waals surface area contributed by atoms with Crippen molar-refractivity contribution in [1.82, 2.24) is 0 Å². The van der Waals surface area contributed by atoms with Gasteiger partial charge in [-0.1, -0.05) is 68.4 Å². The molecule has 0 fully saturated rings. The van der Waals surface area contributed by atoms with Crippen LogP contribution in [0, 0.1) is 0 Å². The molecule has 1 N–H and O–H groups in total. The molecular formula is C20H22O3S. The lowest BCUT2D eigenvalue weighted by atomic mass is 9.98. The van der Waals surface area contributed by atoms with Crippen molar-refractivity contribution in [3.63, 3.8) is 0 Å². The first-order valence-electron chi connectivity index (χ1n) is 7.99. The second kappa shape index (κ2) is 8.69. The highest BCUT2D eigenvalue weighted by atomic mass is 32.2. The van der Waals surface area contributed by atoms with Crippen molar-refractivity contribution < 1.29 is 14.7 Å². The van der Waals surface area contributed by atoms with Crippen molar-refractivity contribution in [2.45, 2.75) is 31.4 Å². The molecular weight excluding hydrogens is 320 g/mol. The van der Waals surface area contributed by atoms with E-state index < -0.39 is 5.97 Å². The number of aliphatic carboxylic acids is 1. The minimum Gasteiger partial charge on any atom is -0.481 e. The first kappa shape index (κ1) is 18.3. The highest BCUT2D eigenvalue weighted by Crippen LogP contribution is 2.33. The Morgan fingerprint density at radius 3 is 2.12 bits per heavy atom. The lowest BCUT2D eigenvalue weighted by Gasteiger charge is -2.16. The summed E-state index contributed by atoms with van der Waals surface area (Å²) in [5.74, 6) is -0.414. The van der Waals surface area contributed by atoms with E-state index in [1.807, 2.05) is 54.6 Å². The zero-order valence-electron chi connectivity index (χ0n) is 13.9. The van der Waals surface area contributed by atoms with Crippen LogP contribution in [0.2, 0.25) is 0 Å². The van der Waals surface area contributed by atoms with Crippen LogP contribution in [-0.4, -0.2) is 22.6 Å². The Kier molecular flexibility index (Phi) is 6.62. The number of hydrogen-bond acceptors (Lipinski definition) is 3. The first-order valence-corrected chi connectivity index (χ1v) is 9.03. The predicted octanol–water partition coefficient (Wildman–Crippen LogP) is 4.94. The largest absolute Gasteiger partial charge is 0.481 e. The van der Waals surface area contributed by atoms with Crippen molar-refractivity contribution in [2.75, 3.05) is 5.75 Å². The molecule has 0 heterocycles. The molecule has 0 radical (unpaired) electrons. The van der Waals surface area contributed by atoms with Crippen molar-refractivity contribution in [2.24, 2.45) is 0 Å². The average molecular weight is 342 g/mol. The summed E-state index contributed by atoms with van der Waals surface area (Å²) in [4.78, 5) is 23.5. The molecule has 0 saturated carbocycles. The van der Waals surface area contributed by atoms with Gasteiger partial charge in [0.2, 0.25) is 0 Å². The van der Waals surface area contributed by atoms with Gasteiger partial charge in [-0.05, 0) is 17.0 Å². The minimum atomic E-state index is -0.866. The van der Waals surface area contributed by atoms with Crippen LogP contribution in [0.25, 0.3) is 0 Å². The summed E-state index contributed by atoms with van der Waals surface area (Å²) in [5, 5.41) is 8.78. The summed E-state index contributed by atoms with van der Waals surface area (Å²) >= 11 is 1.29. The molecule has 0 spiro atoms. The van der Waals surface area contributed by atoms with Crippen LogP contribution >= 0.6 is 11.8 Å². The summed E-state index contributed by atoms with van der Waals surface area (Å²) in [6.07, 6.45) is 0.295. The Balaban J connectivity index is 2.12. The molecule has 2 aromatic carbocycles. The quantitative estimate of drug-likeness (QED) is 0.690. The van der Waals surface area contributed by atoms with Crippen LogP contribution in [0.4, 0.5) is 0 Å². The number of carbonyl (C=O) groups is 2. The lowest BCUT2D eigenvalue weighted by Crippen LogP contribution is -2.08. The molecule has 2 rings (SSSR count). The molecule has 0 aromatic heterocycles. The van der Waals surface area contributed by atoms with Crippen LogP contribution in [-0.2, 0) is 4.79 Å². The number of thioether (sulfide) groups is 1. The van der Waals surface area contributed by atoms with Gasteiger partial charge in [0.05, 0.1) is 5.75 Å². The zero-order chi connectivity index (χ0) is 17.5. The van der Waals surface area contributed by atoms with E-state index in [4.69, 9.17) is 5.11 Å². The summed E-state index contributed by atoms with van der Waals surface area (Å²) in [7, 11) is 0. The standard InChI is InChI=1S/C20H22O3S/c1-14(2)15-8-10-16(11-9-15)18(21)12-19(24-13-20(22)23)17-6-4-3-5-7-17/h3-11,14,19H,12-13H2,1-2H3,(H,22,23). The first-order chi connectivity index (χ1) is 11.5. The smallest absolute Gasteiger partial charge is 0.313 e. The number of hydrogen-bond donors (Lipinski definition) is 1. The maximum Gasteiger partial charge on any atom is 0.313 e. The molecule has 0 bridgehead atoms. The molecule has 0 saturated heterocycles. The maximum atomic E-state index is 12.6. The molecule has 3 nitrogen and oxygen atoms in total. The highest BCUT2D eigenvalue weighted by molar-refractivity contribution is 8.00. The van der Waals surface area contributed by atoms with E-state index in [1.165, 1.54) is 17.3 Å². The summed E-state index contributed by atoms with van der Waals surface area (Å²) < 4.78 is 0. The number of carboxylic acid groups (broad SMARTS) is 1. The number of benzene rings is 2. The molecule has 0 aliphatic carbocycles. The van der Waals surface area contributed by atoms with Crippen LogP contribution in [0.3, 0.4) is 0 Å². The Hall–Kier alpha value is -2.07. The van der Waals surface area contributed by atoms with Crippen LogP contribution in [0.1, 0.15) is 52.9 Å². The Bertz CT molecular complexity index is 678. The van der Waals surface area contributed by atoms with Crippen LogP contribution in [0.15, 0.2) is 54.6 Å². The normalized spacial score (nSPS) is 12.1. The maximum absolute atomic E-state index is 12.6. The van der Waals surface area contributed by atoms with Gasteiger partial charge in [0, 0.05) is 17.2 Å². The Morgan fingerprint density at radius 2 is 1.58 bits per heavy atom. The van der Waals surface area contributed by atoms with E-state index in [0.717, 1.165) is 5.56 Å². The van der Waals surface area contributed by atoms with Crippen molar-refractivity contribution >= 4 is 23.5 Å². The molecule has 0 amide bonds. The third kappa shape index (κ3) is 5.24. The topological polar surface area (TPSA) is 54.4 Å². The third-order valence-corrected chi connectivity index (χ3v) is 5.10. The summed E-state index contributed by atoms with van der Waals surface area (Å²) in [6.45, 7) is 4.23. The number of carboxylic acids is 1. The summed E-state index contributed by atoms with van der Waals surface area (Å²) in [6, 6.07) is 17.3. The second-order valence-corrected chi connectivity index (χ2v) is 7.20.